The molecule has 2 aromatic carbocycles. The Bertz CT molecular complexity index is 701. The molecule has 0 spiro atoms. The molecule has 0 saturated heterocycles. The molecule has 0 saturated carbocycles. The average molecular weight is 288 g/mol. The molecule has 6 heteroatoms. The van der Waals surface area contributed by atoms with Crippen LogP contribution in [0, 0.1) is 12.7 Å². The van der Waals surface area contributed by atoms with Crippen LogP contribution < -0.4 is 10.6 Å². The van der Waals surface area contributed by atoms with Gasteiger partial charge in [-0.3, -0.25) is 0 Å². The van der Waals surface area contributed by atoms with Gasteiger partial charge in [-0.1, -0.05) is 12.1 Å². The van der Waals surface area contributed by atoms with Gasteiger partial charge in [-0.05, 0) is 42.8 Å². The van der Waals surface area contributed by atoms with E-state index in [0.717, 1.165) is 23.8 Å². The SMILES string of the molecule is Cc1cccc(NC(=O)Nc2cc(F)ccc2C(=O)O)c1. The van der Waals surface area contributed by atoms with Crippen molar-refractivity contribution in [2.24, 2.45) is 0 Å². The topological polar surface area (TPSA) is 78.4 Å². The molecule has 0 aromatic heterocycles. The molecule has 21 heavy (non-hydrogen) atoms. The molecule has 0 aliphatic carbocycles. The molecule has 0 aliphatic heterocycles. The Morgan fingerprint density at radius 1 is 1.10 bits per heavy atom. The maximum Gasteiger partial charge on any atom is 0.337 e. The maximum atomic E-state index is 13.2. The van der Waals surface area contributed by atoms with Crippen molar-refractivity contribution in [1.29, 1.82) is 0 Å². The van der Waals surface area contributed by atoms with Crippen LogP contribution in [0.2, 0.25) is 0 Å². The van der Waals surface area contributed by atoms with Gasteiger partial charge >= 0.3 is 12.0 Å². The molecular formula is C15H13FN2O3. The van der Waals surface area contributed by atoms with Crippen LogP contribution in [0.3, 0.4) is 0 Å². The Morgan fingerprint density at radius 2 is 1.86 bits per heavy atom. The first kappa shape index (κ1) is 14.5. The fourth-order valence-corrected chi connectivity index (χ4v) is 1.81. The highest BCUT2D eigenvalue weighted by Gasteiger charge is 2.13. The van der Waals surface area contributed by atoms with E-state index in [9.17, 15) is 14.0 Å². The number of hydrogen-bond acceptors (Lipinski definition) is 2. The van der Waals surface area contributed by atoms with E-state index in [2.05, 4.69) is 10.6 Å². The van der Waals surface area contributed by atoms with Crippen LogP contribution in [0.15, 0.2) is 42.5 Å². The van der Waals surface area contributed by atoms with Gasteiger partial charge < -0.3 is 15.7 Å². The quantitative estimate of drug-likeness (QED) is 0.809. The number of hydrogen-bond donors (Lipinski definition) is 3. The van der Waals surface area contributed by atoms with Crippen LogP contribution in [0.25, 0.3) is 0 Å². The van der Waals surface area contributed by atoms with Gasteiger partial charge in [0.25, 0.3) is 0 Å². The first-order valence-electron chi connectivity index (χ1n) is 6.13. The van der Waals surface area contributed by atoms with Crippen molar-refractivity contribution < 1.29 is 19.1 Å². The van der Waals surface area contributed by atoms with E-state index in [4.69, 9.17) is 5.11 Å². The smallest absolute Gasteiger partial charge is 0.337 e. The lowest BCUT2D eigenvalue weighted by molar-refractivity contribution is 0.0698. The zero-order chi connectivity index (χ0) is 15.4. The summed E-state index contributed by atoms with van der Waals surface area (Å²) in [6.07, 6.45) is 0. The van der Waals surface area contributed by atoms with Gasteiger partial charge in [-0.2, -0.15) is 0 Å². The van der Waals surface area contributed by atoms with Gasteiger partial charge in [0.05, 0.1) is 11.3 Å². The summed E-state index contributed by atoms with van der Waals surface area (Å²) in [7, 11) is 0. The zero-order valence-electron chi connectivity index (χ0n) is 11.2. The monoisotopic (exact) mass is 288 g/mol. The Balaban J connectivity index is 2.16. The summed E-state index contributed by atoms with van der Waals surface area (Å²) in [6.45, 7) is 1.87. The molecule has 0 radical (unpaired) electrons. The third-order valence-corrected chi connectivity index (χ3v) is 2.74. The normalized spacial score (nSPS) is 10.0. The van der Waals surface area contributed by atoms with E-state index >= 15 is 0 Å². The molecule has 2 rings (SSSR count). The van der Waals surface area contributed by atoms with Crippen LogP contribution >= 0.6 is 0 Å². The molecule has 0 aliphatic rings. The first-order valence-corrected chi connectivity index (χ1v) is 6.13. The molecule has 0 unspecified atom stereocenters. The second-order valence-electron chi connectivity index (χ2n) is 4.44. The standard InChI is InChI=1S/C15H13FN2O3/c1-9-3-2-4-11(7-9)17-15(21)18-13-8-10(16)5-6-12(13)14(19)20/h2-8H,1H3,(H,19,20)(H2,17,18,21). The number of carbonyl (C=O) groups excluding carboxylic acids is 1. The Labute approximate surface area is 120 Å². The van der Waals surface area contributed by atoms with E-state index in [1.165, 1.54) is 0 Å². The molecule has 5 nitrogen and oxygen atoms in total. The second kappa shape index (κ2) is 6.04. The summed E-state index contributed by atoms with van der Waals surface area (Å²) in [5.74, 6) is -1.88. The molecule has 2 amide bonds. The molecule has 2 aromatic rings. The van der Waals surface area contributed by atoms with Crippen molar-refractivity contribution in [1.82, 2.24) is 0 Å². The summed E-state index contributed by atoms with van der Waals surface area (Å²) < 4.78 is 13.2. The highest BCUT2D eigenvalue weighted by atomic mass is 19.1. The van der Waals surface area contributed by atoms with Gasteiger partial charge in [0, 0.05) is 5.69 Å². The van der Waals surface area contributed by atoms with Crippen LogP contribution in [0.5, 0.6) is 0 Å². The highest BCUT2D eigenvalue weighted by Crippen LogP contribution is 2.18. The molecule has 3 N–H and O–H groups in total. The van der Waals surface area contributed by atoms with Gasteiger partial charge in [0.15, 0.2) is 0 Å². The van der Waals surface area contributed by atoms with Crippen molar-refractivity contribution >= 4 is 23.4 Å². The lowest BCUT2D eigenvalue weighted by Gasteiger charge is -2.10. The van der Waals surface area contributed by atoms with Crippen LogP contribution in [-0.2, 0) is 0 Å². The number of carboxylic acid groups (broad SMARTS) is 1. The number of urea groups is 1. The average Bonchev–Trinajstić information content (AvgIpc) is 2.38. The van der Waals surface area contributed by atoms with Crippen molar-refractivity contribution in [2.75, 3.05) is 10.6 Å². The summed E-state index contributed by atoms with van der Waals surface area (Å²) in [4.78, 5) is 22.9. The summed E-state index contributed by atoms with van der Waals surface area (Å²) in [5.41, 5.74) is 1.23. The predicted molar refractivity (Wildman–Crippen MR) is 77.2 cm³/mol. The fraction of sp³-hybridized carbons (Fsp3) is 0.0667. The number of rotatable bonds is 3. The largest absolute Gasteiger partial charge is 0.478 e. The third kappa shape index (κ3) is 3.79. The number of amides is 2. The number of aromatic carboxylic acids is 1. The Morgan fingerprint density at radius 3 is 2.52 bits per heavy atom. The third-order valence-electron chi connectivity index (χ3n) is 2.74. The van der Waals surface area contributed by atoms with Crippen molar-refractivity contribution in [3.05, 3.63) is 59.4 Å². The van der Waals surface area contributed by atoms with Gasteiger partial charge in [-0.15, -0.1) is 0 Å². The van der Waals surface area contributed by atoms with E-state index in [1.54, 1.807) is 18.2 Å². The van der Waals surface area contributed by atoms with Crippen LogP contribution in [0.4, 0.5) is 20.6 Å². The van der Waals surface area contributed by atoms with Crippen molar-refractivity contribution in [3.8, 4) is 0 Å². The molecule has 0 fully saturated rings. The number of halogens is 1. The molecule has 0 atom stereocenters. The van der Waals surface area contributed by atoms with E-state index in [0.29, 0.717) is 5.69 Å². The van der Waals surface area contributed by atoms with Gasteiger partial charge in [0.2, 0.25) is 0 Å². The highest BCUT2D eigenvalue weighted by molar-refractivity contribution is 6.04. The minimum atomic E-state index is -1.25. The molecular weight excluding hydrogens is 275 g/mol. The Kier molecular flexibility index (Phi) is 4.18. The predicted octanol–water partition coefficient (Wildman–Crippen LogP) is 3.48. The summed E-state index contributed by atoms with van der Waals surface area (Å²) >= 11 is 0. The Hall–Kier alpha value is -2.89. The fourth-order valence-electron chi connectivity index (χ4n) is 1.81. The summed E-state index contributed by atoms with van der Waals surface area (Å²) in [5, 5.41) is 13.9. The first-order chi connectivity index (χ1) is 9.95. The number of aryl methyl sites for hydroxylation is 1. The van der Waals surface area contributed by atoms with Crippen molar-refractivity contribution in [2.45, 2.75) is 6.92 Å². The number of carboxylic acids is 1. The lowest BCUT2D eigenvalue weighted by atomic mass is 10.1. The number of carbonyl (C=O) groups is 2. The number of anilines is 2. The van der Waals surface area contributed by atoms with E-state index < -0.39 is 17.8 Å². The summed E-state index contributed by atoms with van der Waals surface area (Å²) in [6, 6.07) is 9.52. The van der Waals surface area contributed by atoms with E-state index in [-0.39, 0.29) is 11.3 Å². The molecule has 108 valence electrons. The number of nitrogens with one attached hydrogen (secondary N) is 2. The van der Waals surface area contributed by atoms with Gasteiger partial charge in [-0.25, -0.2) is 14.0 Å². The number of benzene rings is 2. The minimum Gasteiger partial charge on any atom is -0.478 e. The molecule has 0 bridgehead atoms. The lowest BCUT2D eigenvalue weighted by Crippen LogP contribution is -2.21. The van der Waals surface area contributed by atoms with Crippen LogP contribution in [0.1, 0.15) is 15.9 Å². The minimum absolute atomic E-state index is 0.104. The molecule has 0 heterocycles. The van der Waals surface area contributed by atoms with Crippen molar-refractivity contribution in [3.63, 3.8) is 0 Å². The van der Waals surface area contributed by atoms with E-state index in [1.807, 2.05) is 13.0 Å². The van der Waals surface area contributed by atoms with Gasteiger partial charge in [0.1, 0.15) is 5.82 Å². The zero-order valence-corrected chi connectivity index (χ0v) is 11.2. The second-order valence-corrected chi connectivity index (χ2v) is 4.44. The maximum absolute atomic E-state index is 13.2. The van der Waals surface area contributed by atoms with Crippen LogP contribution in [-0.4, -0.2) is 17.1 Å².